The molecule has 0 heterocycles. The number of aliphatic hydroxyl groups is 2. The molecule has 0 saturated carbocycles. The van der Waals surface area contributed by atoms with Gasteiger partial charge in [-0.05, 0) is 19.8 Å². The van der Waals surface area contributed by atoms with Crippen LogP contribution in [0.15, 0.2) is 0 Å². The van der Waals surface area contributed by atoms with Crippen LogP contribution in [-0.4, -0.2) is 47.0 Å². The quantitative estimate of drug-likeness (QED) is 0.646. The molecule has 13 heavy (non-hydrogen) atoms. The third-order valence-corrected chi connectivity index (χ3v) is 1.67. The second-order valence-corrected chi connectivity index (χ2v) is 4.31. The van der Waals surface area contributed by atoms with Gasteiger partial charge in [0.15, 0.2) is 0 Å². The molecule has 3 nitrogen and oxygen atoms in total. The fourth-order valence-electron chi connectivity index (χ4n) is 1.49. The first-order chi connectivity index (χ1) is 5.91. The summed E-state index contributed by atoms with van der Waals surface area (Å²) in [6, 6.07) is 0. The molecule has 0 aromatic heterocycles. The Bertz CT molecular complexity index is 100. The lowest BCUT2D eigenvalue weighted by Crippen LogP contribution is -2.38. The molecule has 3 heteroatoms. The van der Waals surface area contributed by atoms with Crippen LogP contribution in [0.4, 0.5) is 0 Å². The van der Waals surface area contributed by atoms with Gasteiger partial charge in [-0.2, -0.15) is 0 Å². The van der Waals surface area contributed by atoms with Crippen molar-refractivity contribution in [2.24, 2.45) is 5.92 Å². The predicted molar refractivity (Wildman–Crippen MR) is 54.6 cm³/mol. The van der Waals surface area contributed by atoms with E-state index in [1.165, 1.54) is 0 Å². The summed E-state index contributed by atoms with van der Waals surface area (Å²) in [5.41, 5.74) is 0. The van der Waals surface area contributed by atoms with E-state index in [0.717, 1.165) is 6.54 Å². The lowest BCUT2D eigenvalue weighted by molar-refractivity contribution is 0.0769. The molecule has 2 N–H and O–H groups in total. The summed E-state index contributed by atoms with van der Waals surface area (Å²) in [6.07, 6.45) is -0.644. The van der Waals surface area contributed by atoms with Crippen molar-refractivity contribution in [2.75, 3.05) is 19.6 Å². The third kappa shape index (κ3) is 8.22. The molecule has 0 spiro atoms. The van der Waals surface area contributed by atoms with Crippen molar-refractivity contribution in [3.8, 4) is 0 Å². The molecule has 0 saturated heterocycles. The predicted octanol–water partition coefficient (Wildman–Crippen LogP) is 0.706. The molecule has 0 rings (SSSR count). The summed E-state index contributed by atoms with van der Waals surface area (Å²) in [5.74, 6) is 0.567. The van der Waals surface area contributed by atoms with Crippen LogP contribution in [0.1, 0.15) is 27.7 Å². The molecule has 0 amide bonds. The summed E-state index contributed by atoms with van der Waals surface area (Å²) in [5, 5.41) is 18.5. The highest BCUT2D eigenvalue weighted by molar-refractivity contribution is 4.65. The largest absolute Gasteiger partial charge is 0.392 e. The zero-order valence-electron chi connectivity index (χ0n) is 9.20. The molecule has 0 aromatic rings. The van der Waals surface area contributed by atoms with Gasteiger partial charge in [0, 0.05) is 19.6 Å². The average Bonchev–Trinajstić information content (AvgIpc) is 1.80. The summed E-state index contributed by atoms with van der Waals surface area (Å²) in [7, 11) is 0. The van der Waals surface area contributed by atoms with Gasteiger partial charge < -0.3 is 10.2 Å². The Labute approximate surface area is 81.4 Å². The average molecular weight is 189 g/mol. The van der Waals surface area contributed by atoms with Gasteiger partial charge in [-0.3, -0.25) is 4.90 Å². The van der Waals surface area contributed by atoms with E-state index in [-0.39, 0.29) is 12.2 Å². The van der Waals surface area contributed by atoms with Gasteiger partial charge in [-0.25, -0.2) is 0 Å². The fourth-order valence-corrected chi connectivity index (χ4v) is 1.49. The SMILES string of the molecule is CC(C)CN(CC(C)O)CC(C)O. The second-order valence-electron chi connectivity index (χ2n) is 4.31. The minimum atomic E-state index is -0.322. The molecular formula is C10H23NO2. The molecule has 0 aromatic carbocycles. The van der Waals surface area contributed by atoms with E-state index in [2.05, 4.69) is 18.7 Å². The smallest absolute Gasteiger partial charge is 0.0639 e. The molecule has 0 aliphatic rings. The zero-order chi connectivity index (χ0) is 10.4. The van der Waals surface area contributed by atoms with E-state index in [1.54, 1.807) is 13.8 Å². The minimum absolute atomic E-state index is 0.322. The van der Waals surface area contributed by atoms with Crippen LogP contribution in [0, 0.1) is 5.92 Å². The van der Waals surface area contributed by atoms with Crippen molar-refractivity contribution < 1.29 is 10.2 Å². The Morgan fingerprint density at radius 1 is 0.846 bits per heavy atom. The Morgan fingerprint density at radius 3 is 1.46 bits per heavy atom. The van der Waals surface area contributed by atoms with Crippen LogP contribution in [0.5, 0.6) is 0 Å². The highest BCUT2D eigenvalue weighted by Gasteiger charge is 2.11. The Morgan fingerprint density at radius 2 is 1.23 bits per heavy atom. The number of nitrogens with zero attached hydrogens (tertiary/aromatic N) is 1. The normalized spacial score (nSPS) is 16.6. The van der Waals surface area contributed by atoms with Crippen molar-refractivity contribution in [1.82, 2.24) is 4.90 Å². The molecule has 0 radical (unpaired) electrons. The monoisotopic (exact) mass is 189 g/mol. The van der Waals surface area contributed by atoms with Gasteiger partial charge in [0.2, 0.25) is 0 Å². The summed E-state index contributed by atoms with van der Waals surface area (Å²) in [6.45, 7) is 10.0. The second kappa shape index (κ2) is 6.35. The first kappa shape index (κ1) is 12.9. The standard InChI is InChI=1S/C10H23NO2/c1-8(2)5-11(6-9(3)12)7-10(4)13/h8-10,12-13H,5-7H2,1-4H3. The van der Waals surface area contributed by atoms with Crippen LogP contribution in [0.25, 0.3) is 0 Å². The summed E-state index contributed by atoms with van der Waals surface area (Å²) in [4.78, 5) is 2.10. The minimum Gasteiger partial charge on any atom is -0.392 e. The number of aliphatic hydroxyl groups excluding tert-OH is 2. The number of rotatable bonds is 6. The highest BCUT2D eigenvalue weighted by atomic mass is 16.3. The van der Waals surface area contributed by atoms with Gasteiger partial charge in [0.05, 0.1) is 12.2 Å². The van der Waals surface area contributed by atoms with Crippen molar-refractivity contribution in [3.63, 3.8) is 0 Å². The van der Waals surface area contributed by atoms with Crippen LogP contribution in [-0.2, 0) is 0 Å². The molecule has 0 bridgehead atoms. The topological polar surface area (TPSA) is 43.7 Å². The lowest BCUT2D eigenvalue weighted by Gasteiger charge is -2.26. The lowest BCUT2D eigenvalue weighted by atomic mass is 10.2. The van der Waals surface area contributed by atoms with Gasteiger partial charge in [-0.1, -0.05) is 13.8 Å². The van der Waals surface area contributed by atoms with Crippen LogP contribution < -0.4 is 0 Å². The summed E-state index contributed by atoms with van der Waals surface area (Å²) >= 11 is 0. The molecular weight excluding hydrogens is 166 g/mol. The first-order valence-electron chi connectivity index (χ1n) is 5.00. The van der Waals surface area contributed by atoms with Crippen molar-refractivity contribution in [2.45, 2.75) is 39.9 Å². The fraction of sp³-hybridized carbons (Fsp3) is 1.00. The van der Waals surface area contributed by atoms with Gasteiger partial charge in [-0.15, -0.1) is 0 Å². The van der Waals surface area contributed by atoms with E-state index in [1.807, 2.05) is 0 Å². The third-order valence-electron chi connectivity index (χ3n) is 1.67. The van der Waals surface area contributed by atoms with E-state index in [9.17, 15) is 10.2 Å². The Balaban J connectivity index is 3.87. The molecule has 0 aliphatic carbocycles. The molecule has 80 valence electrons. The zero-order valence-corrected chi connectivity index (χ0v) is 9.20. The first-order valence-corrected chi connectivity index (χ1v) is 5.00. The number of hydrogen-bond acceptors (Lipinski definition) is 3. The van der Waals surface area contributed by atoms with Gasteiger partial charge >= 0.3 is 0 Å². The van der Waals surface area contributed by atoms with Crippen molar-refractivity contribution in [1.29, 1.82) is 0 Å². The van der Waals surface area contributed by atoms with Gasteiger partial charge in [0.1, 0.15) is 0 Å². The van der Waals surface area contributed by atoms with Crippen LogP contribution in [0.2, 0.25) is 0 Å². The van der Waals surface area contributed by atoms with E-state index < -0.39 is 0 Å². The van der Waals surface area contributed by atoms with Crippen LogP contribution >= 0.6 is 0 Å². The van der Waals surface area contributed by atoms with E-state index >= 15 is 0 Å². The molecule has 0 aliphatic heterocycles. The molecule has 2 atom stereocenters. The Hall–Kier alpha value is -0.120. The maximum absolute atomic E-state index is 9.23. The van der Waals surface area contributed by atoms with E-state index in [4.69, 9.17) is 0 Å². The van der Waals surface area contributed by atoms with Gasteiger partial charge in [0.25, 0.3) is 0 Å². The van der Waals surface area contributed by atoms with Crippen molar-refractivity contribution in [3.05, 3.63) is 0 Å². The van der Waals surface area contributed by atoms with Crippen molar-refractivity contribution >= 4 is 0 Å². The maximum atomic E-state index is 9.23. The highest BCUT2D eigenvalue weighted by Crippen LogP contribution is 2.01. The summed E-state index contributed by atoms with van der Waals surface area (Å²) < 4.78 is 0. The maximum Gasteiger partial charge on any atom is 0.0639 e. The molecule has 2 unspecified atom stereocenters. The number of hydrogen-bond donors (Lipinski definition) is 2. The van der Waals surface area contributed by atoms with Crippen LogP contribution in [0.3, 0.4) is 0 Å². The molecule has 0 fully saturated rings. The Kier molecular flexibility index (Phi) is 6.29. The van der Waals surface area contributed by atoms with E-state index in [0.29, 0.717) is 19.0 Å².